The third kappa shape index (κ3) is 4.06. The van der Waals surface area contributed by atoms with Crippen molar-refractivity contribution in [1.82, 2.24) is 10.2 Å². The summed E-state index contributed by atoms with van der Waals surface area (Å²) >= 11 is 0. The number of aliphatic hydroxyl groups is 1. The Morgan fingerprint density at radius 3 is 2.52 bits per heavy atom. The summed E-state index contributed by atoms with van der Waals surface area (Å²) in [6.07, 6.45) is 5.38. The third-order valence-electron chi connectivity index (χ3n) is 5.10. The van der Waals surface area contributed by atoms with E-state index in [1.165, 1.54) is 12.0 Å². The summed E-state index contributed by atoms with van der Waals surface area (Å²) in [7, 11) is 0. The Kier molecular flexibility index (Phi) is 4.94. The zero-order chi connectivity index (χ0) is 14.7. The Hall–Kier alpha value is -0.900. The van der Waals surface area contributed by atoms with Crippen LogP contribution in [0.5, 0.6) is 0 Å². The van der Waals surface area contributed by atoms with Gasteiger partial charge in [-0.3, -0.25) is 4.90 Å². The summed E-state index contributed by atoms with van der Waals surface area (Å²) in [5.74, 6) is 0. The first-order valence-electron chi connectivity index (χ1n) is 8.43. The average molecular weight is 288 g/mol. The lowest BCUT2D eigenvalue weighted by atomic mass is 9.92. The highest BCUT2D eigenvalue weighted by atomic mass is 16.3. The molecule has 1 aromatic carbocycles. The summed E-state index contributed by atoms with van der Waals surface area (Å²) in [6.45, 7) is 4.55. The minimum absolute atomic E-state index is 0.0554. The minimum atomic E-state index is -0.0554. The highest BCUT2D eigenvalue weighted by Gasteiger charge is 2.31. The molecule has 2 atom stereocenters. The lowest BCUT2D eigenvalue weighted by molar-refractivity contribution is 0.114. The molecular formula is C18H28N2O. The molecule has 0 amide bonds. The summed E-state index contributed by atoms with van der Waals surface area (Å²) in [6, 6.07) is 12.6. The van der Waals surface area contributed by atoms with E-state index in [2.05, 4.69) is 47.5 Å². The SMILES string of the molecule is C[C@@H]1C[C@H](NC2CCC(O)CC2)CN1Cc1ccccc1. The predicted octanol–water partition coefficient (Wildman–Crippen LogP) is 2.54. The largest absolute Gasteiger partial charge is 0.393 e. The number of aliphatic hydroxyl groups excluding tert-OH is 1. The van der Waals surface area contributed by atoms with E-state index in [-0.39, 0.29) is 6.10 Å². The van der Waals surface area contributed by atoms with Gasteiger partial charge in [-0.2, -0.15) is 0 Å². The van der Waals surface area contributed by atoms with Crippen LogP contribution in [0.25, 0.3) is 0 Å². The second-order valence-corrected chi connectivity index (χ2v) is 6.87. The van der Waals surface area contributed by atoms with Crippen molar-refractivity contribution in [3.05, 3.63) is 35.9 Å². The molecule has 0 bridgehead atoms. The van der Waals surface area contributed by atoms with Crippen LogP contribution in [-0.2, 0) is 6.54 Å². The summed E-state index contributed by atoms with van der Waals surface area (Å²) in [5, 5.41) is 13.4. The van der Waals surface area contributed by atoms with Gasteiger partial charge in [0.05, 0.1) is 6.10 Å². The van der Waals surface area contributed by atoms with Crippen molar-refractivity contribution in [2.45, 2.75) is 69.8 Å². The first-order chi connectivity index (χ1) is 10.2. The number of rotatable bonds is 4. The van der Waals surface area contributed by atoms with Crippen molar-refractivity contribution in [2.24, 2.45) is 0 Å². The van der Waals surface area contributed by atoms with Gasteiger partial charge in [0.15, 0.2) is 0 Å². The molecule has 2 N–H and O–H groups in total. The van der Waals surface area contributed by atoms with E-state index >= 15 is 0 Å². The van der Waals surface area contributed by atoms with Crippen LogP contribution >= 0.6 is 0 Å². The van der Waals surface area contributed by atoms with Crippen molar-refractivity contribution in [2.75, 3.05) is 6.54 Å². The zero-order valence-corrected chi connectivity index (χ0v) is 13.0. The van der Waals surface area contributed by atoms with Crippen molar-refractivity contribution < 1.29 is 5.11 Å². The smallest absolute Gasteiger partial charge is 0.0541 e. The molecule has 0 radical (unpaired) electrons. The fourth-order valence-corrected chi connectivity index (χ4v) is 3.83. The molecule has 1 heterocycles. The molecule has 0 unspecified atom stereocenters. The second kappa shape index (κ2) is 6.91. The molecule has 0 spiro atoms. The molecule has 116 valence electrons. The van der Waals surface area contributed by atoms with Crippen LogP contribution in [-0.4, -0.2) is 40.8 Å². The van der Waals surface area contributed by atoms with Gasteiger partial charge in [0.2, 0.25) is 0 Å². The van der Waals surface area contributed by atoms with Gasteiger partial charge in [0.1, 0.15) is 0 Å². The van der Waals surface area contributed by atoms with Crippen LogP contribution in [0.15, 0.2) is 30.3 Å². The predicted molar refractivity (Wildman–Crippen MR) is 86.1 cm³/mol. The maximum Gasteiger partial charge on any atom is 0.0541 e. The van der Waals surface area contributed by atoms with Crippen LogP contribution in [0.1, 0.15) is 44.6 Å². The lowest BCUT2D eigenvalue weighted by Crippen LogP contribution is -2.42. The van der Waals surface area contributed by atoms with Crippen molar-refractivity contribution in [3.8, 4) is 0 Å². The Morgan fingerprint density at radius 1 is 1.10 bits per heavy atom. The fraction of sp³-hybridized carbons (Fsp3) is 0.667. The molecule has 1 aromatic rings. The van der Waals surface area contributed by atoms with E-state index in [4.69, 9.17) is 0 Å². The van der Waals surface area contributed by atoms with Crippen molar-refractivity contribution in [3.63, 3.8) is 0 Å². The van der Waals surface area contributed by atoms with Gasteiger partial charge in [0.25, 0.3) is 0 Å². The van der Waals surface area contributed by atoms with Crippen molar-refractivity contribution >= 4 is 0 Å². The van der Waals surface area contributed by atoms with Gasteiger partial charge in [-0.25, -0.2) is 0 Å². The van der Waals surface area contributed by atoms with Crippen LogP contribution in [0.3, 0.4) is 0 Å². The van der Waals surface area contributed by atoms with Gasteiger partial charge >= 0.3 is 0 Å². The Bertz CT molecular complexity index is 428. The molecule has 3 nitrogen and oxygen atoms in total. The Balaban J connectivity index is 1.49. The molecule has 3 rings (SSSR count). The minimum Gasteiger partial charge on any atom is -0.393 e. The molecule has 1 saturated carbocycles. The molecule has 21 heavy (non-hydrogen) atoms. The standard InChI is InChI=1S/C18H28N2O/c1-14-11-17(19-16-7-9-18(21)10-8-16)13-20(14)12-15-5-3-2-4-6-15/h2-6,14,16-19,21H,7-13H2,1H3/t14-,16?,17+,18?/m1/s1. The molecule has 0 aromatic heterocycles. The number of benzene rings is 1. The number of hydrogen-bond acceptors (Lipinski definition) is 3. The van der Waals surface area contributed by atoms with Crippen LogP contribution in [0.4, 0.5) is 0 Å². The number of likely N-dealkylation sites (tertiary alicyclic amines) is 1. The topological polar surface area (TPSA) is 35.5 Å². The first kappa shape index (κ1) is 15.0. The molecule has 2 aliphatic rings. The first-order valence-corrected chi connectivity index (χ1v) is 8.43. The maximum atomic E-state index is 9.60. The highest BCUT2D eigenvalue weighted by molar-refractivity contribution is 5.15. The van der Waals surface area contributed by atoms with Crippen LogP contribution < -0.4 is 5.32 Å². The monoisotopic (exact) mass is 288 g/mol. The number of nitrogens with zero attached hydrogens (tertiary/aromatic N) is 1. The van der Waals surface area contributed by atoms with E-state index in [0.29, 0.717) is 18.1 Å². The lowest BCUT2D eigenvalue weighted by Gasteiger charge is -2.29. The van der Waals surface area contributed by atoms with Gasteiger partial charge in [-0.1, -0.05) is 30.3 Å². The average Bonchev–Trinajstić information content (AvgIpc) is 2.82. The van der Waals surface area contributed by atoms with Gasteiger partial charge < -0.3 is 10.4 Å². The summed E-state index contributed by atoms with van der Waals surface area (Å²) < 4.78 is 0. The van der Waals surface area contributed by atoms with Crippen LogP contribution in [0.2, 0.25) is 0 Å². The maximum absolute atomic E-state index is 9.60. The van der Waals surface area contributed by atoms with Gasteiger partial charge in [-0.05, 0) is 44.6 Å². The molecule has 2 fully saturated rings. The Morgan fingerprint density at radius 2 is 1.81 bits per heavy atom. The number of hydrogen-bond donors (Lipinski definition) is 2. The summed E-state index contributed by atoms with van der Waals surface area (Å²) in [5.41, 5.74) is 1.41. The molecular weight excluding hydrogens is 260 g/mol. The zero-order valence-electron chi connectivity index (χ0n) is 13.0. The number of nitrogens with one attached hydrogen (secondary N) is 1. The van der Waals surface area contributed by atoms with Gasteiger partial charge in [0, 0.05) is 31.2 Å². The molecule has 1 aliphatic carbocycles. The fourth-order valence-electron chi connectivity index (χ4n) is 3.83. The summed E-state index contributed by atoms with van der Waals surface area (Å²) in [4.78, 5) is 2.59. The molecule has 3 heteroatoms. The normalized spacial score (nSPS) is 34.2. The van der Waals surface area contributed by atoms with E-state index in [1.54, 1.807) is 0 Å². The highest BCUT2D eigenvalue weighted by Crippen LogP contribution is 2.24. The van der Waals surface area contributed by atoms with E-state index in [1.807, 2.05) is 0 Å². The molecule has 1 aliphatic heterocycles. The van der Waals surface area contributed by atoms with E-state index in [9.17, 15) is 5.11 Å². The Labute approximate surface area is 128 Å². The van der Waals surface area contributed by atoms with Crippen LogP contribution in [0, 0.1) is 0 Å². The molecule has 1 saturated heterocycles. The van der Waals surface area contributed by atoms with E-state index in [0.717, 1.165) is 38.8 Å². The quantitative estimate of drug-likeness (QED) is 0.894. The second-order valence-electron chi connectivity index (χ2n) is 6.87. The van der Waals surface area contributed by atoms with Gasteiger partial charge in [-0.15, -0.1) is 0 Å². The van der Waals surface area contributed by atoms with E-state index < -0.39 is 0 Å². The third-order valence-corrected chi connectivity index (χ3v) is 5.10. The van der Waals surface area contributed by atoms with Crippen molar-refractivity contribution in [1.29, 1.82) is 0 Å².